The SMILES string of the molecule is C1=CC(P(C2=CCCC=C2)c2ccccc2)=CCC1. The summed E-state index contributed by atoms with van der Waals surface area (Å²) in [6.07, 6.45) is 18.9. The van der Waals surface area contributed by atoms with Crippen molar-refractivity contribution in [1.29, 1.82) is 0 Å². The molecule has 0 fully saturated rings. The quantitative estimate of drug-likeness (QED) is 0.654. The van der Waals surface area contributed by atoms with Crippen LogP contribution in [0, 0.1) is 0 Å². The molecule has 0 amide bonds. The Morgan fingerprint density at radius 1 is 0.684 bits per heavy atom. The van der Waals surface area contributed by atoms with Crippen LogP contribution in [0.2, 0.25) is 0 Å². The second kappa shape index (κ2) is 6.17. The summed E-state index contributed by atoms with van der Waals surface area (Å²) < 4.78 is 0. The van der Waals surface area contributed by atoms with E-state index < -0.39 is 0 Å². The van der Waals surface area contributed by atoms with Gasteiger partial charge in [0.25, 0.3) is 0 Å². The number of hydrogen-bond donors (Lipinski definition) is 0. The first-order chi connectivity index (χ1) is 9.45. The zero-order chi connectivity index (χ0) is 12.9. The van der Waals surface area contributed by atoms with Crippen LogP contribution in [-0.4, -0.2) is 0 Å². The van der Waals surface area contributed by atoms with Gasteiger partial charge in [0.05, 0.1) is 0 Å². The minimum atomic E-state index is -0.343. The van der Waals surface area contributed by atoms with Gasteiger partial charge in [0.2, 0.25) is 0 Å². The first-order valence-corrected chi connectivity index (χ1v) is 8.38. The van der Waals surface area contributed by atoms with Crippen molar-refractivity contribution in [3.05, 3.63) is 77.4 Å². The lowest BCUT2D eigenvalue weighted by Crippen LogP contribution is -2.04. The van der Waals surface area contributed by atoms with Crippen LogP contribution in [0.25, 0.3) is 0 Å². The molecular formula is C18H19P. The van der Waals surface area contributed by atoms with Gasteiger partial charge >= 0.3 is 0 Å². The Bertz CT molecular complexity index is 514. The summed E-state index contributed by atoms with van der Waals surface area (Å²) >= 11 is 0. The fourth-order valence-electron chi connectivity index (χ4n) is 2.56. The molecule has 1 heteroatoms. The summed E-state index contributed by atoms with van der Waals surface area (Å²) in [5.41, 5.74) is 0. The van der Waals surface area contributed by atoms with Crippen molar-refractivity contribution in [2.75, 3.05) is 0 Å². The van der Waals surface area contributed by atoms with Gasteiger partial charge in [0, 0.05) is 0 Å². The van der Waals surface area contributed by atoms with E-state index in [1.807, 2.05) is 0 Å². The van der Waals surface area contributed by atoms with Crippen LogP contribution in [0.4, 0.5) is 0 Å². The maximum atomic E-state index is 2.43. The van der Waals surface area contributed by atoms with Crippen molar-refractivity contribution in [3.8, 4) is 0 Å². The lowest BCUT2D eigenvalue weighted by Gasteiger charge is -2.24. The highest BCUT2D eigenvalue weighted by Gasteiger charge is 2.19. The van der Waals surface area contributed by atoms with E-state index in [0.717, 1.165) is 0 Å². The van der Waals surface area contributed by atoms with Crippen molar-refractivity contribution in [3.63, 3.8) is 0 Å². The van der Waals surface area contributed by atoms with Crippen LogP contribution in [0.5, 0.6) is 0 Å². The average molecular weight is 266 g/mol. The maximum absolute atomic E-state index is 2.43. The normalized spacial score (nSPS) is 18.4. The molecule has 19 heavy (non-hydrogen) atoms. The molecule has 1 aromatic carbocycles. The number of hydrogen-bond acceptors (Lipinski definition) is 0. The topological polar surface area (TPSA) is 0 Å². The van der Waals surface area contributed by atoms with E-state index in [1.165, 1.54) is 41.6 Å². The lowest BCUT2D eigenvalue weighted by molar-refractivity contribution is 1.03. The average Bonchev–Trinajstić information content (AvgIpc) is 2.51. The molecule has 0 bridgehead atoms. The third-order valence-electron chi connectivity index (χ3n) is 3.48. The molecule has 0 heterocycles. The smallest absolute Gasteiger partial charge is 0.0141 e. The Balaban J connectivity index is 2.00. The largest absolute Gasteiger partial charge is 0.0836 e. The van der Waals surface area contributed by atoms with E-state index >= 15 is 0 Å². The van der Waals surface area contributed by atoms with E-state index in [2.05, 4.69) is 66.8 Å². The molecule has 3 rings (SSSR count). The van der Waals surface area contributed by atoms with Gasteiger partial charge in [-0.05, 0) is 49.5 Å². The zero-order valence-corrected chi connectivity index (χ0v) is 12.0. The van der Waals surface area contributed by atoms with E-state index in [4.69, 9.17) is 0 Å². The molecule has 0 radical (unpaired) electrons. The molecule has 0 aromatic heterocycles. The highest BCUT2D eigenvalue weighted by Crippen LogP contribution is 2.54. The van der Waals surface area contributed by atoms with E-state index in [-0.39, 0.29) is 7.92 Å². The molecule has 0 saturated heterocycles. The Morgan fingerprint density at radius 3 is 1.74 bits per heavy atom. The predicted molar refractivity (Wildman–Crippen MR) is 85.9 cm³/mol. The molecule has 0 N–H and O–H groups in total. The molecule has 0 aliphatic heterocycles. The number of rotatable bonds is 3. The molecule has 2 aliphatic carbocycles. The van der Waals surface area contributed by atoms with Gasteiger partial charge in [-0.15, -0.1) is 0 Å². The van der Waals surface area contributed by atoms with Crippen LogP contribution in [-0.2, 0) is 0 Å². The summed E-state index contributed by atoms with van der Waals surface area (Å²) in [4.78, 5) is 0. The molecular weight excluding hydrogens is 247 g/mol. The number of allylic oxidation sites excluding steroid dienone is 8. The fraction of sp³-hybridized carbons (Fsp3) is 0.222. The minimum Gasteiger partial charge on any atom is -0.0836 e. The molecule has 0 spiro atoms. The van der Waals surface area contributed by atoms with Crippen LogP contribution in [0.3, 0.4) is 0 Å². The molecule has 96 valence electrons. The van der Waals surface area contributed by atoms with Gasteiger partial charge in [0.15, 0.2) is 0 Å². The first-order valence-electron chi connectivity index (χ1n) is 7.04. The Kier molecular flexibility index (Phi) is 4.10. The molecule has 0 unspecified atom stereocenters. The summed E-state index contributed by atoms with van der Waals surface area (Å²) in [7, 11) is -0.343. The highest BCUT2D eigenvalue weighted by atomic mass is 31.1. The zero-order valence-electron chi connectivity index (χ0n) is 11.1. The standard InChI is InChI=1S/C18H19P/c1-4-10-16(11-5-1)19(17-12-6-2-7-13-17)18-14-8-3-9-15-18/h1,4-6,8,10-15H,2-3,7,9H2. The Morgan fingerprint density at radius 2 is 1.26 bits per heavy atom. The Labute approximate surface area is 117 Å². The Hall–Kier alpha value is -1.39. The van der Waals surface area contributed by atoms with Gasteiger partial charge in [-0.2, -0.15) is 0 Å². The molecule has 2 aliphatic rings. The third-order valence-corrected chi connectivity index (χ3v) is 5.99. The number of benzene rings is 1. The van der Waals surface area contributed by atoms with Gasteiger partial charge < -0.3 is 0 Å². The van der Waals surface area contributed by atoms with E-state index in [9.17, 15) is 0 Å². The maximum Gasteiger partial charge on any atom is -0.0141 e. The van der Waals surface area contributed by atoms with E-state index in [0.29, 0.717) is 0 Å². The van der Waals surface area contributed by atoms with Crippen molar-refractivity contribution >= 4 is 13.2 Å². The summed E-state index contributed by atoms with van der Waals surface area (Å²) in [6.45, 7) is 0. The van der Waals surface area contributed by atoms with Crippen molar-refractivity contribution in [2.24, 2.45) is 0 Å². The molecule has 0 nitrogen and oxygen atoms in total. The van der Waals surface area contributed by atoms with Gasteiger partial charge in [0.1, 0.15) is 0 Å². The fourth-order valence-corrected chi connectivity index (χ4v) is 5.05. The van der Waals surface area contributed by atoms with Crippen LogP contribution in [0.15, 0.2) is 77.4 Å². The summed E-state index contributed by atoms with van der Waals surface area (Å²) in [5, 5.41) is 4.50. The van der Waals surface area contributed by atoms with Crippen LogP contribution >= 0.6 is 7.92 Å². The first kappa shape index (κ1) is 12.6. The van der Waals surface area contributed by atoms with Gasteiger partial charge in [-0.25, -0.2) is 0 Å². The highest BCUT2D eigenvalue weighted by molar-refractivity contribution is 7.74. The summed E-state index contributed by atoms with van der Waals surface area (Å²) in [5.74, 6) is 0. The monoisotopic (exact) mass is 266 g/mol. The third kappa shape index (κ3) is 2.96. The second-order valence-electron chi connectivity index (χ2n) is 4.89. The second-order valence-corrected chi connectivity index (χ2v) is 7.11. The molecule has 1 aromatic rings. The van der Waals surface area contributed by atoms with Gasteiger partial charge in [-0.1, -0.05) is 66.8 Å². The van der Waals surface area contributed by atoms with Crippen LogP contribution in [0.1, 0.15) is 25.7 Å². The van der Waals surface area contributed by atoms with Gasteiger partial charge in [-0.3, -0.25) is 0 Å². The molecule has 0 saturated carbocycles. The van der Waals surface area contributed by atoms with Crippen molar-refractivity contribution < 1.29 is 0 Å². The summed E-state index contributed by atoms with van der Waals surface area (Å²) in [6, 6.07) is 11.0. The lowest BCUT2D eigenvalue weighted by atomic mass is 10.2. The minimum absolute atomic E-state index is 0.343. The molecule has 0 atom stereocenters. The van der Waals surface area contributed by atoms with Crippen molar-refractivity contribution in [2.45, 2.75) is 25.7 Å². The van der Waals surface area contributed by atoms with Crippen LogP contribution < -0.4 is 5.30 Å². The van der Waals surface area contributed by atoms with E-state index in [1.54, 1.807) is 0 Å². The van der Waals surface area contributed by atoms with Crippen molar-refractivity contribution in [1.82, 2.24) is 0 Å². The predicted octanol–water partition coefficient (Wildman–Crippen LogP) is 5.26.